The van der Waals surface area contributed by atoms with Crippen molar-refractivity contribution in [3.8, 4) is 0 Å². The number of aliphatic hydroxyl groups excluding tert-OH is 1. The molecule has 60 heavy (non-hydrogen) atoms. The fourth-order valence-corrected chi connectivity index (χ4v) is 7.53. The molecular formula is C44H80O14P2. The van der Waals surface area contributed by atoms with Crippen LogP contribution in [0.2, 0.25) is 0 Å². The Bertz CT molecular complexity index is 1270. The number of hydrogen-bond donors (Lipinski definition) is 4. The summed E-state index contributed by atoms with van der Waals surface area (Å²) in [5.41, 5.74) is 0. The summed E-state index contributed by atoms with van der Waals surface area (Å²) in [5, 5.41) is 9.75. The van der Waals surface area contributed by atoms with E-state index >= 15 is 0 Å². The molecule has 1 fully saturated rings. The minimum atomic E-state index is -4.87. The van der Waals surface area contributed by atoms with Gasteiger partial charge in [0.25, 0.3) is 0 Å². The molecule has 0 spiro atoms. The predicted octanol–water partition coefficient (Wildman–Crippen LogP) is 10.7. The Balaban J connectivity index is 2.37. The molecule has 0 aromatic carbocycles. The fraction of sp³-hybridized carbons (Fsp3) is 0.818. The second-order valence-corrected chi connectivity index (χ2v) is 18.4. The van der Waals surface area contributed by atoms with Crippen molar-refractivity contribution in [2.75, 3.05) is 26.4 Å². The van der Waals surface area contributed by atoms with Crippen LogP contribution in [0.3, 0.4) is 0 Å². The van der Waals surface area contributed by atoms with Gasteiger partial charge in [-0.2, -0.15) is 0 Å². The van der Waals surface area contributed by atoms with E-state index in [9.17, 15) is 28.7 Å². The Labute approximate surface area is 361 Å². The van der Waals surface area contributed by atoms with E-state index in [1.165, 1.54) is 89.9 Å². The Morgan fingerprint density at radius 2 is 1.08 bits per heavy atom. The third kappa shape index (κ3) is 36.9. The Morgan fingerprint density at radius 1 is 0.583 bits per heavy atom. The molecule has 16 heteroatoms. The molecule has 5 atom stereocenters. The average Bonchev–Trinajstić information content (AvgIpc) is 3.96. The van der Waals surface area contributed by atoms with E-state index in [-0.39, 0.29) is 12.8 Å². The predicted molar refractivity (Wildman–Crippen MR) is 234 cm³/mol. The summed E-state index contributed by atoms with van der Waals surface area (Å²) in [5.74, 6) is -1.10. The number of esters is 2. The minimum absolute atomic E-state index is 0.0533. The van der Waals surface area contributed by atoms with E-state index in [4.69, 9.17) is 28.5 Å². The van der Waals surface area contributed by atoms with Gasteiger partial charge < -0.3 is 34.0 Å². The molecule has 1 aliphatic rings. The van der Waals surface area contributed by atoms with Crippen molar-refractivity contribution in [2.45, 2.75) is 205 Å². The molecule has 1 rings (SSSR count). The van der Waals surface area contributed by atoms with Crippen LogP contribution in [-0.4, -0.2) is 82.6 Å². The van der Waals surface area contributed by atoms with Crippen LogP contribution in [0.4, 0.5) is 0 Å². The van der Waals surface area contributed by atoms with Gasteiger partial charge in [0, 0.05) is 12.8 Å². The molecule has 0 radical (unpaired) electrons. The highest BCUT2D eigenvalue weighted by molar-refractivity contribution is 7.47. The van der Waals surface area contributed by atoms with E-state index in [1.807, 2.05) is 12.2 Å². The van der Waals surface area contributed by atoms with Gasteiger partial charge in [0.15, 0.2) is 6.10 Å². The largest absolute Gasteiger partial charge is 0.472 e. The molecule has 0 bridgehead atoms. The number of rotatable bonds is 42. The van der Waals surface area contributed by atoms with Gasteiger partial charge in [-0.3, -0.25) is 23.2 Å². The van der Waals surface area contributed by atoms with Gasteiger partial charge in [0.2, 0.25) is 0 Å². The van der Waals surface area contributed by atoms with E-state index < -0.39 is 66.2 Å². The summed E-state index contributed by atoms with van der Waals surface area (Å²) in [7, 11) is -9.69. The minimum Gasteiger partial charge on any atom is -0.462 e. The maximum absolute atomic E-state index is 12.7. The number of ether oxygens (including phenoxy) is 3. The smallest absolute Gasteiger partial charge is 0.462 e. The Morgan fingerprint density at radius 3 is 1.68 bits per heavy atom. The zero-order chi connectivity index (χ0) is 44.2. The lowest BCUT2D eigenvalue weighted by molar-refractivity contribution is -0.161. The first-order valence-electron chi connectivity index (χ1n) is 22.8. The number of epoxide rings is 1. The molecule has 1 heterocycles. The molecule has 14 nitrogen and oxygen atoms in total. The van der Waals surface area contributed by atoms with Crippen LogP contribution in [0.25, 0.3) is 0 Å². The Hall–Kier alpha value is -1.70. The number of carbonyl (C=O) groups excluding carboxylic acids is 2. The normalized spacial score (nSPS) is 17.7. The van der Waals surface area contributed by atoms with Crippen molar-refractivity contribution in [2.24, 2.45) is 0 Å². The summed E-state index contributed by atoms with van der Waals surface area (Å²) in [6, 6.07) is 0. The topological polar surface area (TPSA) is 208 Å². The zero-order valence-corrected chi connectivity index (χ0v) is 38.5. The van der Waals surface area contributed by atoms with Gasteiger partial charge in [-0.25, -0.2) is 9.13 Å². The highest BCUT2D eigenvalue weighted by Gasteiger charge is 2.36. The van der Waals surface area contributed by atoms with Crippen LogP contribution in [0.1, 0.15) is 181 Å². The van der Waals surface area contributed by atoms with Crippen LogP contribution in [-0.2, 0) is 46.5 Å². The molecule has 1 aliphatic heterocycles. The number of allylic oxidation sites excluding steroid dienone is 5. The lowest BCUT2D eigenvalue weighted by Gasteiger charge is -2.20. The number of phosphoric ester groups is 2. The van der Waals surface area contributed by atoms with Gasteiger partial charge in [-0.1, -0.05) is 159 Å². The van der Waals surface area contributed by atoms with Crippen LogP contribution in [0.5, 0.6) is 0 Å². The van der Waals surface area contributed by atoms with Gasteiger partial charge in [0.1, 0.15) is 12.7 Å². The summed E-state index contributed by atoms with van der Waals surface area (Å²) in [4.78, 5) is 52.7. The van der Waals surface area contributed by atoms with Crippen LogP contribution >= 0.6 is 15.6 Å². The summed E-state index contributed by atoms with van der Waals surface area (Å²) >= 11 is 0. The van der Waals surface area contributed by atoms with Crippen LogP contribution in [0, 0.1) is 0 Å². The zero-order valence-electron chi connectivity index (χ0n) is 36.8. The van der Waals surface area contributed by atoms with Gasteiger partial charge in [0.05, 0.1) is 32.0 Å². The monoisotopic (exact) mass is 895 g/mol. The molecule has 1 saturated heterocycles. The first kappa shape index (κ1) is 56.3. The number of hydrogen-bond acceptors (Lipinski definition) is 11. The molecule has 350 valence electrons. The van der Waals surface area contributed by atoms with Gasteiger partial charge in [-0.05, 0) is 44.9 Å². The van der Waals surface area contributed by atoms with Crippen molar-refractivity contribution >= 4 is 27.6 Å². The molecule has 0 saturated carbocycles. The van der Waals surface area contributed by atoms with Crippen molar-refractivity contribution < 1.29 is 66.3 Å². The summed E-state index contributed by atoms with van der Waals surface area (Å²) in [6.45, 7) is 1.68. The Kier molecular flexibility index (Phi) is 34.5. The first-order chi connectivity index (χ1) is 28.8. The summed E-state index contributed by atoms with van der Waals surface area (Å²) in [6.07, 6.45) is 37.4. The van der Waals surface area contributed by atoms with E-state index in [2.05, 4.69) is 47.2 Å². The van der Waals surface area contributed by atoms with E-state index in [0.29, 0.717) is 31.5 Å². The van der Waals surface area contributed by atoms with Gasteiger partial charge in [-0.15, -0.1) is 0 Å². The molecule has 0 aromatic heterocycles. The van der Waals surface area contributed by atoms with Crippen molar-refractivity contribution in [3.63, 3.8) is 0 Å². The second kappa shape index (κ2) is 36.8. The quantitative estimate of drug-likeness (QED) is 0.0148. The maximum Gasteiger partial charge on any atom is 0.472 e. The lowest BCUT2D eigenvalue weighted by Crippen LogP contribution is -2.29. The third-order valence-electron chi connectivity index (χ3n) is 9.95. The van der Waals surface area contributed by atoms with Crippen molar-refractivity contribution in [3.05, 3.63) is 36.5 Å². The number of unbranched alkanes of at least 4 members (excludes halogenated alkanes) is 17. The van der Waals surface area contributed by atoms with E-state index in [0.717, 1.165) is 44.9 Å². The lowest BCUT2D eigenvalue weighted by atomic mass is 10.0. The summed E-state index contributed by atoms with van der Waals surface area (Å²) < 4.78 is 53.5. The van der Waals surface area contributed by atoms with Crippen LogP contribution in [0.15, 0.2) is 36.5 Å². The second-order valence-electron chi connectivity index (χ2n) is 15.7. The van der Waals surface area contributed by atoms with Crippen LogP contribution < -0.4 is 0 Å². The SMILES string of the molecule is CCCCCCCCCCCCCCCCCC(=O)OC[C@H](COP(=O)(O)OC[C@@H](O)COP(=O)(O)O)OC(=O)CCC/C=C\C/C=C\C/C=C\CC1OC1CCCCC. The third-order valence-corrected chi connectivity index (χ3v) is 11.4. The van der Waals surface area contributed by atoms with Crippen molar-refractivity contribution in [1.29, 1.82) is 0 Å². The molecule has 4 N–H and O–H groups in total. The highest BCUT2D eigenvalue weighted by Crippen LogP contribution is 2.44. The molecule has 0 aliphatic carbocycles. The number of phosphoric acid groups is 2. The highest BCUT2D eigenvalue weighted by atomic mass is 31.2. The number of carbonyl (C=O) groups is 2. The fourth-order valence-electron chi connectivity index (χ4n) is 6.38. The number of aliphatic hydroxyl groups is 1. The van der Waals surface area contributed by atoms with Crippen molar-refractivity contribution in [1.82, 2.24) is 0 Å². The maximum atomic E-state index is 12.7. The molecule has 0 amide bonds. The molecular weight excluding hydrogens is 814 g/mol. The molecule has 0 aromatic rings. The van der Waals surface area contributed by atoms with E-state index in [1.54, 1.807) is 0 Å². The first-order valence-corrected chi connectivity index (χ1v) is 25.8. The van der Waals surface area contributed by atoms with Gasteiger partial charge >= 0.3 is 27.6 Å². The average molecular weight is 895 g/mol. The standard InChI is InChI=1S/C44H80O14P2/c1-3-5-7-8-9-10-11-12-13-14-15-19-22-25-29-33-43(46)53-37-40(38-56-60(51,52)55-36-39(45)35-54-59(48,49)50)57-44(47)34-30-26-23-20-17-16-18-21-24-28-32-42-41(58-42)31-27-6-4-2/h16,18,20,23-24,28,39-42,45H,3-15,17,19,21-22,25-27,29-38H2,1-2H3,(H,51,52)(H2,48,49,50)/b18-16-,23-20-,28-24-/t39-,40+,41?,42?/m0/s1. The molecule has 3 unspecified atom stereocenters.